The van der Waals surface area contributed by atoms with Crippen molar-refractivity contribution in [1.29, 1.82) is 0 Å². The highest BCUT2D eigenvalue weighted by molar-refractivity contribution is 5.92. The van der Waals surface area contributed by atoms with Crippen molar-refractivity contribution in [2.45, 2.75) is 26.2 Å². The average Bonchev–Trinajstić information content (AvgIpc) is 2.59. The summed E-state index contributed by atoms with van der Waals surface area (Å²) in [7, 11) is 4.02. The Morgan fingerprint density at radius 2 is 1.75 bits per heavy atom. The molecular formula is C19H26N4O. The van der Waals surface area contributed by atoms with Gasteiger partial charge in [-0.25, -0.2) is 4.98 Å². The normalized spacial score (nSPS) is 10.3. The molecule has 0 fully saturated rings. The number of rotatable bonds is 8. The van der Waals surface area contributed by atoms with Crippen molar-refractivity contribution in [3.8, 4) is 0 Å². The lowest BCUT2D eigenvalue weighted by Gasteiger charge is -2.13. The van der Waals surface area contributed by atoms with Gasteiger partial charge in [-0.3, -0.25) is 4.79 Å². The van der Waals surface area contributed by atoms with Gasteiger partial charge in [0.1, 0.15) is 5.69 Å². The molecule has 0 saturated heterocycles. The Kier molecular flexibility index (Phi) is 6.61. The van der Waals surface area contributed by atoms with E-state index in [0.717, 1.165) is 36.3 Å². The van der Waals surface area contributed by atoms with E-state index in [1.54, 1.807) is 12.3 Å². The van der Waals surface area contributed by atoms with Gasteiger partial charge in [0.15, 0.2) is 0 Å². The summed E-state index contributed by atoms with van der Waals surface area (Å²) in [5.41, 5.74) is 3.43. The third kappa shape index (κ3) is 5.26. The largest absolute Gasteiger partial charge is 0.378 e. The fourth-order valence-electron chi connectivity index (χ4n) is 2.28. The maximum atomic E-state index is 12.0. The molecule has 128 valence electrons. The second-order valence-electron chi connectivity index (χ2n) is 5.96. The summed E-state index contributed by atoms with van der Waals surface area (Å²) < 4.78 is 0. The molecule has 0 aliphatic heterocycles. The fraction of sp³-hybridized carbons (Fsp3) is 0.368. The predicted molar refractivity (Wildman–Crippen MR) is 100 cm³/mol. The van der Waals surface area contributed by atoms with Crippen LogP contribution >= 0.6 is 0 Å². The summed E-state index contributed by atoms with van der Waals surface area (Å²) in [6.45, 7) is 2.84. The molecule has 2 rings (SSSR count). The number of carbonyl (C=O) groups excluding carboxylic acids is 1. The first-order valence-electron chi connectivity index (χ1n) is 8.39. The minimum Gasteiger partial charge on any atom is -0.378 e. The first kappa shape index (κ1) is 17.8. The standard InChI is InChI=1S/C19H26N4O/c1-4-5-6-13-20-19(24)18-12-9-16(14-21-18)22-15-7-10-17(11-8-15)23(2)3/h7-12,14,22H,4-6,13H2,1-3H3,(H,20,24). The summed E-state index contributed by atoms with van der Waals surface area (Å²) in [6, 6.07) is 11.7. The molecule has 5 heteroatoms. The zero-order valence-electron chi connectivity index (χ0n) is 14.7. The molecule has 1 heterocycles. The van der Waals surface area contributed by atoms with E-state index in [9.17, 15) is 4.79 Å². The van der Waals surface area contributed by atoms with E-state index < -0.39 is 0 Å². The Morgan fingerprint density at radius 1 is 1.04 bits per heavy atom. The van der Waals surface area contributed by atoms with Crippen molar-refractivity contribution in [2.24, 2.45) is 0 Å². The van der Waals surface area contributed by atoms with Crippen molar-refractivity contribution in [3.05, 3.63) is 48.3 Å². The number of unbranched alkanes of at least 4 members (excludes halogenated alkanes) is 2. The third-order valence-electron chi connectivity index (χ3n) is 3.73. The van der Waals surface area contributed by atoms with E-state index in [0.29, 0.717) is 12.2 Å². The van der Waals surface area contributed by atoms with Crippen molar-refractivity contribution in [2.75, 3.05) is 30.9 Å². The van der Waals surface area contributed by atoms with Crippen LogP contribution in [0.2, 0.25) is 0 Å². The summed E-state index contributed by atoms with van der Waals surface area (Å²) in [4.78, 5) is 18.3. The molecule has 0 aliphatic carbocycles. The third-order valence-corrected chi connectivity index (χ3v) is 3.73. The van der Waals surface area contributed by atoms with Gasteiger partial charge in [-0.1, -0.05) is 19.8 Å². The Hall–Kier alpha value is -2.56. The van der Waals surface area contributed by atoms with E-state index >= 15 is 0 Å². The van der Waals surface area contributed by atoms with Crippen LogP contribution in [0, 0.1) is 0 Å². The van der Waals surface area contributed by atoms with E-state index in [2.05, 4.69) is 27.4 Å². The molecule has 0 radical (unpaired) electrons. The molecule has 5 nitrogen and oxygen atoms in total. The van der Waals surface area contributed by atoms with Crippen molar-refractivity contribution in [1.82, 2.24) is 10.3 Å². The number of aromatic nitrogens is 1. The number of hydrogen-bond acceptors (Lipinski definition) is 4. The molecule has 1 amide bonds. The van der Waals surface area contributed by atoms with Gasteiger partial charge in [-0.15, -0.1) is 0 Å². The first-order chi connectivity index (χ1) is 11.6. The van der Waals surface area contributed by atoms with Gasteiger partial charge in [0.05, 0.1) is 11.9 Å². The summed E-state index contributed by atoms with van der Waals surface area (Å²) in [6.07, 6.45) is 4.96. The van der Waals surface area contributed by atoms with Crippen molar-refractivity contribution < 1.29 is 4.79 Å². The lowest BCUT2D eigenvalue weighted by molar-refractivity contribution is 0.0948. The molecule has 2 N–H and O–H groups in total. The number of pyridine rings is 1. The van der Waals surface area contributed by atoms with Crippen LogP contribution in [0.4, 0.5) is 17.1 Å². The molecule has 0 atom stereocenters. The summed E-state index contributed by atoms with van der Waals surface area (Å²) >= 11 is 0. The average molecular weight is 326 g/mol. The second kappa shape index (κ2) is 8.91. The lowest BCUT2D eigenvalue weighted by atomic mass is 10.2. The van der Waals surface area contributed by atoms with E-state index in [-0.39, 0.29) is 5.91 Å². The molecule has 24 heavy (non-hydrogen) atoms. The van der Waals surface area contributed by atoms with Crippen LogP contribution in [-0.4, -0.2) is 31.5 Å². The number of benzene rings is 1. The zero-order valence-corrected chi connectivity index (χ0v) is 14.7. The number of nitrogens with zero attached hydrogens (tertiary/aromatic N) is 2. The van der Waals surface area contributed by atoms with Crippen LogP contribution in [0.25, 0.3) is 0 Å². The minimum atomic E-state index is -0.118. The van der Waals surface area contributed by atoms with E-state index in [1.165, 1.54) is 0 Å². The Balaban J connectivity index is 1.90. The Bertz CT molecular complexity index is 635. The van der Waals surface area contributed by atoms with Gasteiger partial charge in [-0.05, 0) is 42.8 Å². The highest BCUT2D eigenvalue weighted by atomic mass is 16.1. The predicted octanol–water partition coefficient (Wildman–Crippen LogP) is 3.81. The molecule has 1 aromatic carbocycles. The Morgan fingerprint density at radius 3 is 2.33 bits per heavy atom. The SMILES string of the molecule is CCCCCNC(=O)c1ccc(Nc2ccc(N(C)C)cc2)cn1. The fourth-order valence-corrected chi connectivity index (χ4v) is 2.28. The smallest absolute Gasteiger partial charge is 0.269 e. The highest BCUT2D eigenvalue weighted by Crippen LogP contribution is 2.19. The Labute approximate surface area is 144 Å². The quantitative estimate of drug-likeness (QED) is 0.724. The van der Waals surface area contributed by atoms with Gasteiger partial charge in [0, 0.05) is 32.0 Å². The second-order valence-corrected chi connectivity index (χ2v) is 5.96. The molecule has 0 aliphatic rings. The number of anilines is 3. The number of carbonyl (C=O) groups is 1. The molecule has 0 spiro atoms. The van der Waals surface area contributed by atoms with Gasteiger partial charge in [-0.2, -0.15) is 0 Å². The van der Waals surface area contributed by atoms with Gasteiger partial charge >= 0.3 is 0 Å². The van der Waals surface area contributed by atoms with E-state index in [1.807, 2.05) is 44.4 Å². The van der Waals surface area contributed by atoms with E-state index in [4.69, 9.17) is 0 Å². The highest BCUT2D eigenvalue weighted by Gasteiger charge is 2.06. The first-order valence-corrected chi connectivity index (χ1v) is 8.39. The molecule has 2 aromatic rings. The molecular weight excluding hydrogens is 300 g/mol. The lowest BCUT2D eigenvalue weighted by Crippen LogP contribution is -2.25. The maximum absolute atomic E-state index is 12.0. The number of hydrogen-bond donors (Lipinski definition) is 2. The van der Waals surface area contributed by atoms with Crippen LogP contribution < -0.4 is 15.5 Å². The van der Waals surface area contributed by atoms with Crippen LogP contribution in [0.3, 0.4) is 0 Å². The minimum absolute atomic E-state index is 0.118. The van der Waals surface area contributed by atoms with Gasteiger partial charge < -0.3 is 15.5 Å². The maximum Gasteiger partial charge on any atom is 0.269 e. The van der Waals surface area contributed by atoms with Crippen LogP contribution in [-0.2, 0) is 0 Å². The molecule has 0 bridgehead atoms. The summed E-state index contributed by atoms with van der Waals surface area (Å²) in [5.74, 6) is -0.118. The molecule has 1 aromatic heterocycles. The van der Waals surface area contributed by atoms with Crippen LogP contribution in [0.1, 0.15) is 36.7 Å². The van der Waals surface area contributed by atoms with Crippen molar-refractivity contribution >= 4 is 23.0 Å². The van der Waals surface area contributed by atoms with Crippen molar-refractivity contribution in [3.63, 3.8) is 0 Å². The summed E-state index contributed by atoms with van der Waals surface area (Å²) in [5, 5.41) is 6.18. The van der Waals surface area contributed by atoms with Crippen LogP contribution in [0.5, 0.6) is 0 Å². The van der Waals surface area contributed by atoms with Gasteiger partial charge in [0.25, 0.3) is 5.91 Å². The van der Waals surface area contributed by atoms with Crippen LogP contribution in [0.15, 0.2) is 42.6 Å². The molecule has 0 unspecified atom stereocenters. The molecule has 0 saturated carbocycles. The monoisotopic (exact) mass is 326 g/mol. The number of amides is 1. The topological polar surface area (TPSA) is 57.3 Å². The zero-order chi connectivity index (χ0) is 17.4. The number of nitrogens with one attached hydrogen (secondary N) is 2. The van der Waals surface area contributed by atoms with Gasteiger partial charge in [0.2, 0.25) is 0 Å².